The third-order valence-electron chi connectivity index (χ3n) is 2.64. The smallest absolute Gasteiger partial charge is 0.459 e. The summed E-state index contributed by atoms with van der Waals surface area (Å²) in [5, 5.41) is 8.69. The zero-order valence-corrected chi connectivity index (χ0v) is 10.9. The van der Waals surface area contributed by atoms with E-state index in [9.17, 15) is 18.0 Å². The standard InChI is InChI=1S/C14H14F3NO2/c1-10(9-18)8-12-4-2-11(3-5-12)6-7-20-13(19)14(15,16)17/h2-5,10H,6-8H2,1H3/t10-/m0/s1. The Morgan fingerprint density at radius 2 is 1.85 bits per heavy atom. The van der Waals surface area contributed by atoms with E-state index in [1.54, 1.807) is 12.1 Å². The SMILES string of the molecule is C[C@H](C#N)Cc1ccc(CCOC(=O)C(F)(F)F)cc1. The Morgan fingerprint density at radius 3 is 2.35 bits per heavy atom. The van der Waals surface area contributed by atoms with Gasteiger partial charge >= 0.3 is 12.1 Å². The van der Waals surface area contributed by atoms with Crippen molar-refractivity contribution in [1.29, 1.82) is 5.26 Å². The van der Waals surface area contributed by atoms with Gasteiger partial charge in [-0.2, -0.15) is 18.4 Å². The quantitative estimate of drug-likeness (QED) is 0.781. The highest BCUT2D eigenvalue weighted by Crippen LogP contribution is 2.16. The highest BCUT2D eigenvalue weighted by Gasteiger charge is 2.40. The number of ether oxygens (including phenoxy) is 1. The molecule has 1 rings (SSSR count). The maximum absolute atomic E-state index is 11.9. The fraction of sp³-hybridized carbons (Fsp3) is 0.429. The summed E-state index contributed by atoms with van der Waals surface area (Å²) >= 11 is 0. The largest absolute Gasteiger partial charge is 0.490 e. The lowest BCUT2D eigenvalue weighted by atomic mass is 10.0. The summed E-state index contributed by atoms with van der Waals surface area (Å²) in [4.78, 5) is 10.5. The minimum absolute atomic E-state index is 0.0893. The van der Waals surface area contributed by atoms with Crippen molar-refractivity contribution < 1.29 is 22.7 Å². The molecule has 0 radical (unpaired) electrons. The second kappa shape index (κ2) is 6.94. The van der Waals surface area contributed by atoms with Crippen molar-refractivity contribution >= 4 is 5.97 Å². The fourth-order valence-electron chi connectivity index (χ4n) is 1.58. The second-order valence-corrected chi connectivity index (χ2v) is 4.43. The molecule has 6 heteroatoms. The van der Waals surface area contributed by atoms with Gasteiger partial charge in [0, 0.05) is 12.3 Å². The molecule has 3 nitrogen and oxygen atoms in total. The Hall–Kier alpha value is -2.03. The van der Waals surface area contributed by atoms with Crippen molar-refractivity contribution in [2.24, 2.45) is 5.92 Å². The lowest BCUT2D eigenvalue weighted by Gasteiger charge is -2.08. The van der Waals surface area contributed by atoms with Crippen LogP contribution in [0.15, 0.2) is 24.3 Å². The van der Waals surface area contributed by atoms with Gasteiger partial charge in [-0.3, -0.25) is 0 Å². The first-order valence-corrected chi connectivity index (χ1v) is 6.04. The average Bonchev–Trinajstić information content (AvgIpc) is 2.39. The Balaban J connectivity index is 2.43. The van der Waals surface area contributed by atoms with E-state index in [-0.39, 0.29) is 18.9 Å². The summed E-state index contributed by atoms with van der Waals surface area (Å²) < 4.78 is 39.8. The van der Waals surface area contributed by atoms with Gasteiger partial charge < -0.3 is 4.74 Å². The number of benzene rings is 1. The van der Waals surface area contributed by atoms with Crippen LogP contribution in [0.25, 0.3) is 0 Å². The van der Waals surface area contributed by atoms with Gasteiger partial charge in [-0.05, 0) is 24.5 Å². The highest BCUT2D eigenvalue weighted by atomic mass is 19.4. The summed E-state index contributed by atoms with van der Waals surface area (Å²) in [5.74, 6) is -2.26. The van der Waals surface area contributed by atoms with Crippen molar-refractivity contribution in [2.45, 2.75) is 25.9 Å². The molecule has 0 aliphatic heterocycles. The van der Waals surface area contributed by atoms with Crippen molar-refractivity contribution in [3.8, 4) is 6.07 Å². The highest BCUT2D eigenvalue weighted by molar-refractivity contribution is 5.75. The van der Waals surface area contributed by atoms with E-state index < -0.39 is 12.1 Å². The number of alkyl halides is 3. The van der Waals surface area contributed by atoms with E-state index in [4.69, 9.17) is 5.26 Å². The molecule has 0 heterocycles. The first kappa shape index (κ1) is 16.0. The molecule has 0 unspecified atom stereocenters. The third-order valence-corrected chi connectivity index (χ3v) is 2.64. The van der Waals surface area contributed by atoms with Crippen LogP contribution in [-0.4, -0.2) is 18.8 Å². The summed E-state index contributed by atoms with van der Waals surface area (Å²) in [6.07, 6.45) is -4.10. The maximum Gasteiger partial charge on any atom is 0.490 e. The molecule has 20 heavy (non-hydrogen) atoms. The molecular weight excluding hydrogens is 271 g/mol. The fourth-order valence-corrected chi connectivity index (χ4v) is 1.58. The van der Waals surface area contributed by atoms with Crippen LogP contribution in [0.5, 0.6) is 0 Å². The molecular formula is C14H14F3NO2. The van der Waals surface area contributed by atoms with Crippen LogP contribution in [-0.2, 0) is 22.4 Å². The molecule has 1 aromatic carbocycles. The molecule has 108 valence electrons. The van der Waals surface area contributed by atoms with E-state index in [2.05, 4.69) is 10.8 Å². The average molecular weight is 285 g/mol. The zero-order chi connectivity index (χ0) is 15.2. The first-order valence-electron chi connectivity index (χ1n) is 6.04. The number of nitrogens with zero attached hydrogens (tertiary/aromatic N) is 1. The van der Waals surface area contributed by atoms with Crippen LogP contribution in [0.1, 0.15) is 18.1 Å². The van der Waals surface area contributed by atoms with Crippen LogP contribution in [0.3, 0.4) is 0 Å². The molecule has 0 fully saturated rings. The maximum atomic E-state index is 11.9. The lowest BCUT2D eigenvalue weighted by molar-refractivity contribution is -0.199. The molecule has 0 aliphatic carbocycles. The predicted octanol–water partition coefficient (Wildman–Crippen LogP) is 3.04. The summed E-state index contributed by atoms with van der Waals surface area (Å²) in [6.45, 7) is 1.50. The van der Waals surface area contributed by atoms with Gasteiger partial charge in [0.05, 0.1) is 12.7 Å². The van der Waals surface area contributed by atoms with Gasteiger partial charge in [0.15, 0.2) is 0 Å². The summed E-state index contributed by atoms with van der Waals surface area (Å²) in [7, 11) is 0. The Morgan fingerprint density at radius 1 is 1.30 bits per heavy atom. The molecule has 1 atom stereocenters. The number of esters is 1. The normalized spacial score (nSPS) is 12.6. The van der Waals surface area contributed by atoms with Crippen molar-refractivity contribution in [3.05, 3.63) is 35.4 Å². The van der Waals surface area contributed by atoms with Gasteiger partial charge in [-0.1, -0.05) is 24.3 Å². The third kappa shape index (κ3) is 5.31. The molecule has 0 aliphatic rings. The van der Waals surface area contributed by atoms with Gasteiger partial charge in [0.2, 0.25) is 0 Å². The van der Waals surface area contributed by atoms with Crippen LogP contribution < -0.4 is 0 Å². The molecule has 0 saturated heterocycles. The number of hydrogen-bond acceptors (Lipinski definition) is 3. The number of carbonyl (C=O) groups is 1. The van der Waals surface area contributed by atoms with Crippen LogP contribution in [0, 0.1) is 17.2 Å². The number of nitriles is 1. The van der Waals surface area contributed by atoms with E-state index in [0.29, 0.717) is 6.42 Å². The summed E-state index contributed by atoms with van der Waals surface area (Å²) in [6, 6.07) is 9.26. The van der Waals surface area contributed by atoms with E-state index >= 15 is 0 Å². The van der Waals surface area contributed by atoms with Crippen molar-refractivity contribution in [1.82, 2.24) is 0 Å². The molecule has 1 aromatic rings. The molecule has 0 amide bonds. The number of halogens is 3. The molecule has 0 spiro atoms. The zero-order valence-electron chi connectivity index (χ0n) is 10.9. The minimum Gasteiger partial charge on any atom is -0.459 e. The molecule has 0 bridgehead atoms. The topological polar surface area (TPSA) is 50.1 Å². The van der Waals surface area contributed by atoms with Crippen LogP contribution in [0.2, 0.25) is 0 Å². The van der Waals surface area contributed by atoms with Gasteiger partial charge in [-0.15, -0.1) is 0 Å². The van der Waals surface area contributed by atoms with Crippen LogP contribution >= 0.6 is 0 Å². The lowest BCUT2D eigenvalue weighted by Crippen LogP contribution is -2.26. The predicted molar refractivity (Wildman–Crippen MR) is 65.6 cm³/mol. The number of carbonyl (C=O) groups excluding carboxylic acids is 1. The first-order chi connectivity index (χ1) is 9.32. The van der Waals surface area contributed by atoms with Crippen molar-refractivity contribution in [2.75, 3.05) is 6.61 Å². The Bertz CT molecular complexity index is 489. The Labute approximate surface area is 115 Å². The van der Waals surface area contributed by atoms with E-state index in [1.807, 2.05) is 19.1 Å². The van der Waals surface area contributed by atoms with Crippen molar-refractivity contribution in [3.63, 3.8) is 0 Å². The van der Waals surface area contributed by atoms with Gasteiger partial charge in [-0.25, -0.2) is 4.79 Å². The monoisotopic (exact) mass is 285 g/mol. The second-order valence-electron chi connectivity index (χ2n) is 4.43. The van der Waals surface area contributed by atoms with Gasteiger partial charge in [0.1, 0.15) is 0 Å². The Kier molecular flexibility index (Phi) is 5.56. The molecule has 0 saturated carbocycles. The van der Waals surface area contributed by atoms with E-state index in [0.717, 1.165) is 11.1 Å². The van der Waals surface area contributed by atoms with E-state index in [1.165, 1.54) is 0 Å². The van der Waals surface area contributed by atoms with Gasteiger partial charge in [0.25, 0.3) is 0 Å². The molecule has 0 N–H and O–H groups in total. The summed E-state index contributed by atoms with van der Waals surface area (Å²) in [5.41, 5.74) is 1.75. The van der Waals surface area contributed by atoms with Crippen LogP contribution in [0.4, 0.5) is 13.2 Å². The minimum atomic E-state index is -4.95. The molecule has 0 aromatic heterocycles. The number of rotatable bonds is 5. The number of hydrogen-bond donors (Lipinski definition) is 0.